The van der Waals surface area contributed by atoms with Crippen LogP contribution in [0.1, 0.15) is 5.56 Å². The van der Waals surface area contributed by atoms with E-state index >= 15 is 0 Å². The molecule has 1 saturated heterocycles. The second-order valence-corrected chi connectivity index (χ2v) is 7.21. The molecule has 2 aromatic rings. The molecule has 0 radical (unpaired) electrons. The van der Waals surface area contributed by atoms with Crippen molar-refractivity contribution in [3.05, 3.63) is 60.2 Å². The van der Waals surface area contributed by atoms with Gasteiger partial charge in [-0.15, -0.1) is 12.4 Å². The molecule has 1 fully saturated rings. The molecule has 0 saturated carbocycles. The maximum atomic E-state index is 9.41. The number of hydrogen-bond acceptors (Lipinski definition) is 5. The second-order valence-electron chi connectivity index (χ2n) is 6.07. The zero-order valence-electron chi connectivity index (χ0n) is 14.3. The Morgan fingerprint density at radius 3 is 2.16 bits per heavy atom. The summed E-state index contributed by atoms with van der Waals surface area (Å²) in [6.07, 6.45) is 0. The van der Waals surface area contributed by atoms with Crippen molar-refractivity contribution in [2.75, 3.05) is 39.8 Å². The lowest BCUT2D eigenvalue weighted by molar-refractivity contribution is 0.169. The van der Waals surface area contributed by atoms with Crippen LogP contribution in [0.2, 0.25) is 0 Å². The van der Waals surface area contributed by atoms with E-state index in [0.29, 0.717) is 6.54 Å². The van der Waals surface area contributed by atoms with E-state index in [4.69, 9.17) is 0 Å². The van der Waals surface area contributed by atoms with Crippen LogP contribution in [0.15, 0.2) is 69.5 Å². The first-order valence-electron chi connectivity index (χ1n) is 8.20. The first-order chi connectivity index (χ1) is 11.7. The lowest BCUT2D eigenvalue weighted by Crippen LogP contribution is -2.46. The Hall–Kier alpha value is -1.53. The molecule has 0 bridgehead atoms. The predicted octanol–water partition coefficient (Wildman–Crippen LogP) is 3.69. The average Bonchev–Trinajstić information content (AvgIpc) is 2.63. The maximum Gasteiger partial charge on any atom is 0.101 e. The van der Waals surface area contributed by atoms with E-state index in [2.05, 4.69) is 46.3 Å². The third-order valence-corrected chi connectivity index (χ3v) is 5.27. The number of nitrogens with zero attached hydrogens (tertiary/aromatic N) is 3. The molecule has 6 heteroatoms. The van der Waals surface area contributed by atoms with Gasteiger partial charge in [-0.05, 0) is 31.3 Å². The van der Waals surface area contributed by atoms with Crippen LogP contribution in [0.25, 0.3) is 0 Å². The summed E-state index contributed by atoms with van der Waals surface area (Å²) < 4.78 is 0. The molecule has 0 aromatic heterocycles. The van der Waals surface area contributed by atoms with Crippen molar-refractivity contribution in [1.82, 2.24) is 9.80 Å². The number of halogens is 1. The molecule has 1 heterocycles. The Labute approximate surface area is 159 Å². The first-order valence-corrected chi connectivity index (χ1v) is 9.01. The zero-order chi connectivity index (χ0) is 16.8. The van der Waals surface area contributed by atoms with E-state index in [1.807, 2.05) is 30.3 Å². The highest BCUT2D eigenvalue weighted by molar-refractivity contribution is 7.99. The SMILES string of the molecule is CN1CCN(C/C(=N\O)c2ccc(Sc3ccccc3)cc2)CC1.Cl. The summed E-state index contributed by atoms with van der Waals surface area (Å²) in [6.45, 7) is 4.83. The average molecular weight is 378 g/mol. The second kappa shape index (κ2) is 9.82. The Morgan fingerprint density at radius 2 is 1.56 bits per heavy atom. The number of benzene rings is 2. The van der Waals surface area contributed by atoms with Gasteiger partial charge in [-0.2, -0.15) is 0 Å². The molecule has 1 N–H and O–H groups in total. The van der Waals surface area contributed by atoms with Crippen molar-refractivity contribution in [1.29, 1.82) is 0 Å². The summed E-state index contributed by atoms with van der Waals surface area (Å²) in [7, 11) is 2.14. The minimum Gasteiger partial charge on any atom is -0.411 e. The van der Waals surface area contributed by atoms with E-state index < -0.39 is 0 Å². The zero-order valence-corrected chi connectivity index (χ0v) is 16.0. The Balaban J connectivity index is 0.00000225. The number of likely N-dealkylation sites (N-methyl/N-ethyl adjacent to an activating group) is 1. The molecule has 0 amide bonds. The highest BCUT2D eigenvalue weighted by Crippen LogP contribution is 2.27. The van der Waals surface area contributed by atoms with Gasteiger partial charge in [0.2, 0.25) is 0 Å². The van der Waals surface area contributed by atoms with Crippen LogP contribution in [0.4, 0.5) is 0 Å². The molecule has 2 aromatic carbocycles. The van der Waals surface area contributed by atoms with Crippen LogP contribution in [0, 0.1) is 0 Å². The third kappa shape index (κ3) is 5.75. The number of rotatable bonds is 5. The molecule has 0 unspecified atom stereocenters. The highest BCUT2D eigenvalue weighted by atomic mass is 35.5. The number of oxime groups is 1. The standard InChI is InChI=1S/C19H23N3OS.ClH/c1-21-11-13-22(14-12-21)15-19(20-23)16-7-9-18(10-8-16)24-17-5-3-2-4-6-17;/h2-10,23H,11-15H2,1H3;1H/b20-19+;. The van der Waals surface area contributed by atoms with Gasteiger partial charge in [-0.3, -0.25) is 4.90 Å². The molecule has 25 heavy (non-hydrogen) atoms. The Morgan fingerprint density at radius 1 is 0.960 bits per heavy atom. The van der Waals surface area contributed by atoms with Crippen molar-refractivity contribution in [3.8, 4) is 0 Å². The van der Waals surface area contributed by atoms with Gasteiger partial charge >= 0.3 is 0 Å². The van der Waals surface area contributed by atoms with E-state index in [9.17, 15) is 5.21 Å². The van der Waals surface area contributed by atoms with E-state index in [-0.39, 0.29) is 12.4 Å². The van der Waals surface area contributed by atoms with Crippen LogP contribution in [-0.2, 0) is 0 Å². The molecule has 1 aliphatic heterocycles. The maximum absolute atomic E-state index is 9.41. The van der Waals surface area contributed by atoms with Crippen LogP contribution in [-0.4, -0.2) is 60.5 Å². The lowest BCUT2D eigenvalue weighted by Gasteiger charge is -2.32. The molecule has 134 valence electrons. The van der Waals surface area contributed by atoms with Crippen molar-refractivity contribution < 1.29 is 5.21 Å². The molecule has 0 spiro atoms. The van der Waals surface area contributed by atoms with E-state index in [1.54, 1.807) is 11.8 Å². The van der Waals surface area contributed by atoms with Gasteiger partial charge < -0.3 is 10.1 Å². The molecule has 0 aliphatic carbocycles. The smallest absolute Gasteiger partial charge is 0.101 e. The van der Waals surface area contributed by atoms with Crippen molar-refractivity contribution in [2.45, 2.75) is 9.79 Å². The van der Waals surface area contributed by atoms with Gasteiger partial charge in [-0.25, -0.2) is 0 Å². The van der Waals surface area contributed by atoms with Crippen molar-refractivity contribution in [3.63, 3.8) is 0 Å². The van der Waals surface area contributed by atoms with E-state index in [0.717, 1.165) is 37.5 Å². The first kappa shape index (κ1) is 19.8. The van der Waals surface area contributed by atoms with Crippen molar-refractivity contribution >= 4 is 29.9 Å². The quantitative estimate of drug-likeness (QED) is 0.490. The fourth-order valence-electron chi connectivity index (χ4n) is 2.74. The summed E-state index contributed by atoms with van der Waals surface area (Å²) in [5, 5.41) is 13.0. The summed E-state index contributed by atoms with van der Waals surface area (Å²) in [6, 6.07) is 18.6. The third-order valence-electron chi connectivity index (χ3n) is 4.26. The monoisotopic (exact) mass is 377 g/mol. The lowest BCUT2D eigenvalue weighted by atomic mass is 10.1. The number of piperazine rings is 1. The van der Waals surface area contributed by atoms with Crippen LogP contribution >= 0.6 is 24.2 Å². The molecule has 4 nitrogen and oxygen atoms in total. The predicted molar refractivity (Wildman–Crippen MR) is 107 cm³/mol. The molecular weight excluding hydrogens is 354 g/mol. The van der Waals surface area contributed by atoms with Gasteiger partial charge in [0.05, 0.1) is 0 Å². The topological polar surface area (TPSA) is 39.1 Å². The summed E-state index contributed by atoms with van der Waals surface area (Å²) >= 11 is 1.73. The summed E-state index contributed by atoms with van der Waals surface area (Å²) in [4.78, 5) is 7.06. The molecular formula is C19H24ClN3OS. The molecule has 0 atom stereocenters. The summed E-state index contributed by atoms with van der Waals surface area (Å²) in [5.74, 6) is 0. The van der Waals surface area contributed by atoms with Gasteiger partial charge in [0.25, 0.3) is 0 Å². The fourth-order valence-corrected chi connectivity index (χ4v) is 3.58. The van der Waals surface area contributed by atoms with Gasteiger partial charge in [0.1, 0.15) is 5.71 Å². The Kier molecular flexibility index (Phi) is 7.78. The normalized spacial score (nSPS) is 16.4. The van der Waals surface area contributed by atoms with Crippen molar-refractivity contribution in [2.24, 2.45) is 5.16 Å². The van der Waals surface area contributed by atoms with Crippen LogP contribution < -0.4 is 0 Å². The van der Waals surface area contributed by atoms with Gasteiger partial charge in [0.15, 0.2) is 0 Å². The van der Waals surface area contributed by atoms with Crippen LogP contribution in [0.3, 0.4) is 0 Å². The number of hydrogen-bond donors (Lipinski definition) is 1. The van der Waals surface area contributed by atoms with Gasteiger partial charge in [-0.1, -0.05) is 47.2 Å². The minimum absolute atomic E-state index is 0. The fraction of sp³-hybridized carbons (Fsp3) is 0.316. The van der Waals surface area contributed by atoms with Gasteiger partial charge in [0, 0.05) is 48.1 Å². The highest BCUT2D eigenvalue weighted by Gasteiger charge is 2.16. The molecule has 3 rings (SSSR count). The minimum atomic E-state index is 0. The van der Waals surface area contributed by atoms with Crippen LogP contribution in [0.5, 0.6) is 0 Å². The van der Waals surface area contributed by atoms with E-state index in [1.165, 1.54) is 9.79 Å². The molecule has 1 aliphatic rings. The summed E-state index contributed by atoms with van der Waals surface area (Å²) in [5.41, 5.74) is 1.71. The largest absolute Gasteiger partial charge is 0.411 e. The Bertz CT molecular complexity index is 671.